The fourth-order valence-electron chi connectivity index (χ4n) is 4.79. The van der Waals surface area contributed by atoms with E-state index in [1.165, 1.54) is 22.5 Å². The number of nitrogens with zero attached hydrogens (tertiary/aromatic N) is 2. The van der Waals surface area contributed by atoms with Gasteiger partial charge in [0.1, 0.15) is 11.5 Å². The standard InChI is InChI=1S/C24H30FN3O3S/c1-17-13-18(2)16-28(15-17)32(30,31)20-8-5-7-19(14-20)24(29)26-23-21(25)9-6-10-22(23)27-11-3-4-12-27/h5-10,14,17-18H,3-4,11-13,15-16H2,1-2H3,(H,26,29). The lowest BCUT2D eigenvalue weighted by Gasteiger charge is -2.34. The van der Waals surface area contributed by atoms with Gasteiger partial charge >= 0.3 is 0 Å². The summed E-state index contributed by atoms with van der Waals surface area (Å²) >= 11 is 0. The van der Waals surface area contributed by atoms with Gasteiger partial charge in [-0.1, -0.05) is 26.0 Å². The largest absolute Gasteiger partial charge is 0.370 e. The topological polar surface area (TPSA) is 69.7 Å². The molecule has 32 heavy (non-hydrogen) atoms. The number of para-hydroxylation sites is 1. The van der Waals surface area contributed by atoms with Crippen LogP contribution in [-0.4, -0.2) is 44.8 Å². The van der Waals surface area contributed by atoms with Crippen LogP contribution in [0, 0.1) is 17.7 Å². The van der Waals surface area contributed by atoms with Crippen molar-refractivity contribution in [2.45, 2.75) is 38.0 Å². The van der Waals surface area contributed by atoms with Crippen molar-refractivity contribution in [2.75, 3.05) is 36.4 Å². The van der Waals surface area contributed by atoms with Gasteiger partial charge < -0.3 is 10.2 Å². The zero-order chi connectivity index (χ0) is 22.9. The Balaban J connectivity index is 1.59. The summed E-state index contributed by atoms with van der Waals surface area (Å²) in [6.07, 6.45) is 3.05. The number of carbonyl (C=O) groups excluding carboxylic acids is 1. The molecule has 4 rings (SSSR count). The maximum atomic E-state index is 14.6. The van der Waals surface area contributed by atoms with Crippen LogP contribution in [0.2, 0.25) is 0 Å². The molecular formula is C24H30FN3O3S. The lowest BCUT2D eigenvalue weighted by Crippen LogP contribution is -2.42. The zero-order valence-corrected chi connectivity index (χ0v) is 19.4. The van der Waals surface area contributed by atoms with Crippen molar-refractivity contribution in [1.29, 1.82) is 0 Å². The first-order chi connectivity index (χ1) is 15.3. The molecule has 1 amide bonds. The monoisotopic (exact) mass is 459 g/mol. The third kappa shape index (κ3) is 4.66. The number of sulfonamides is 1. The van der Waals surface area contributed by atoms with Crippen molar-refractivity contribution in [3.05, 3.63) is 53.8 Å². The highest BCUT2D eigenvalue weighted by Crippen LogP contribution is 2.32. The predicted octanol–water partition coefficient (Wildman–Crippen LogP) is 4.34. The van der Waals surface area contributed by atoms with E-state index in [4.69, 9.17) is 0 Å². The van der Waals surface area contributed by atoms with Gasteiger partial charge in [-0.15, -0.1) is 0 Å². The van der Waals surface area contributed by atoms with Crippen molar-refractivity contribution in [3.63, 3.8) is 0 Å². The second-order valence-corrected chi connectivity index (χ2v) is 11.0. The SMILES string of the molecule is CC1CC(C)CN(S(=O)(=O)c2cccc(C(=O)Nc3c(F)cccc3N3CCCC3)c2)C1. The molecule has 2 heterocycles. The Kier molecular flexibility index (Phi) is 6.53. The van der Waals surface area contributed by atoms with Gasteiger partial charge in [0.25, 0.3) is 5.91 Å². The molecule has 0 bridgehead atoms. The van der Waals surface area contributed by atoms with Gasteiger partial charge in [-0.2, -0.15) is 4.31 Å². The fourth-order valence-corrected chi connectivity index (χ4v) is 6.52. The average Bonchev–Trinajstić information content (AvgIpc) is 3.29. The number of hydrogen-bond acceptors (Lipinski definition) is 4. The third-order valence-electron chi connectivity index (χ3n) is 6.25. The minimum absolute atomic E-state index is 0.0831. The van der Waals surface area contributed by atoms with Crippen LogP contribution < -0.4 is 10.2 Å². The van der Waals surface area contributed by atoms with E-state index in [9.17, 15) is 17.6 Å². The second-order valence-electron chi connectivity index (χ2n) is 9.08. The van der Waals surface area contributed by atoms with E-state index in [-0.39, 0.29) is 28.0 Å². The molecule has 2 aliphatic heterocycles. The number of hydrogen-bond donors (Lipinski definition) is 1. The van der Waals surface area contributed by atoms with Crippen LogP contribution in [0.1, 0.15) is 43.5 Å². The molecule has 2 atom stereocenters. The molecule has 0 radical (unpaired) electrons. The number of amides is 1. The Morgan fingerprint density at radius 3 is 2.38 bits per heavy atom. The summed E-state index contributed by atoms with van der Waals surface area (Å²) in [5.74, 6) is -0.481. The van der Waals surface area contributed by atoms with Crippen molar-refractivity contribution in [2.24, 2.45) is 11.8 Å². The molecule has 172 valence electrons. The van der Waals surface area contributed by atoms with E-state index in [0.29, 0.717) is 18.8 Å². The van der Waals surface area contributed by atoms with Crippen LogP contribution >= 0.6 is 0 Å². The van der Waals surface area contributed by atoms with Crippen LogP contribution in [0.4, 0.5) is 15.8 Å². The van der Waals surface area contributed by atoms with Crippen molar-refractivity contribution < 1.29 is 17.6 Å². The summed E-state index contributed by atoms with van der Waals surface area (Å²) in [6.45, 7) is 6.66. The molecule has 0 aliphatic carbocycles. The van der Waals surface area contributed by atoms with E-state index in [1.807, 2.05) is 0 Å². The van der Waals surface area contributed by atoms with Crippen LogP contribution in [-0.2, 0) is 10.0 Å². The third-order valence-corrected chi connectivity index (χ3v) is 8.07. The van der Waals surface area contributed by atoms with Crippen molar-refractivity contribution in [1.82, 2.24) is 4.31 Å². The van der Waals surface area contributed by atoms with E-state index in [0.717, 1.165) is 32.4 Å². The Morgan fingerprint density at radius 2 is 1.69 bits per heavy atom. The summed E-state index contributed by atoms with van der Waals surface area (Å²) < 4.78 is 42.6. The van der Waals surface area contributed by atoms with E-state index < -0.39 is 21.7 Å². The maximum Gasteiger partial charge on any atom is 0.255 e. The van der Waals surface area contributed by atoms with Gasteiger partial charge in [-0.25, -0.2) is 12.8 Å². The number of anilines is 2. The molecule has 2 aromatic carbocycles. The molecule has 2 fully saturated rings. The van der Waals surface area contributed by atoms with Gasteiger partial charge in [0.2, 0.25) is 10.0 Å². The Bertz CT molecular complexity index is 1090. The smallest absolute Gasteiger partial charge is 0.255 e. The molecule has 8 heteroatoms. The first kappa shape index (κ1) is 22.7. The number of piperidine rings is 1. The van der Waals surface area contributed by atoms with E-state index in [2.05, 4.69) is 24.1 Å². The van der Waals surface area contributed by atoms with E-state index in [1.54, 1.807) is 24.3 Å². The fraction of sp³-hybridized carbons (Fsp3) is 0.458. The maximum absolute atomic E-state index is 14.6. The lowest BCUT2D eigenvalue weighted by atomic mass is 9.94. The Hall–Kier alpha value is -2.45. The molecule has 0 spiro atoms. The van der Waals surface area contributed by atoms with Crippen LogP contribution in [0.25, 0.3) is 0 Å². The minimum Gasteiger partial charge on any atom is -0.370 e. The Morgan fingerprint density at radius 1 is 1.03 bits per heavy atom. The molecule has 0 saturated carbocycles. The molecule has 2 aliphatic rings. The molecule has 1 N–H and O–H groups in total. The summed E-state index contributed by atoms with van der Waals surface area (Å²) in [7, 11) is -3.72. The summed E-state index contributed by atoms with van der Waals surface area (Å²) in [6, 6.07) is 10.7. The van der Waals surface area contributed by atoms with E-state index >= 15 is 0 Å². The van der Waals surface area contributed by atoms with Gasteiger partial charge in [0.15, 0.2) is 0 Å². The lowest BCUT2D eigenvalue weighted by molar-refractivity contribution is 0.102. The number of carbonyl (C=O) groups is 1. The number of benzene rings is 2. The van der Waals surface area contributed by atoms with Gasteiger partial charge in [0, 0.05) is 31.7 Å². The van der Waals surface area contributed by atoms with Gasteiger partial charge in [0.05, 0.1) is 10.6 Å². The first-order valence-electron chi connectivity index (χ1n) is 11.2. The van der Waals surface area contributed by atoms with Gasteiger partial charge in [-0.3, -0.25) is 4.79 Å². The van der Waals surface area contributed by atoms with Gasteiger partial charge in [-0.05, 0) is 61.4 Å². The highest BCUT2D eigenvalue weighted by Gasteiger charge is 2.32. The quantitative estimate of drug-likeness (QED) is 0.722. The normalized spacial score (nSPS) is 22.2. The molecule has 6 nitrogen and oxygen atoms in total. The van der Waals surface area contributed by atoms with Crippen molar-refractivity contribution >= 4 is 27.3 Å². The highest BCUT2D eigenvalue weighted by molar-refractivity contribution is 7.89. The second kappa shape index (κ2) is 9.19. The average molecular weight is 460 g/mol. The van der Waals surface area contributed by atoms with Crippen LogP contribution in [0.3, 0.4) is 0 Å². The molecule has 2 saturated heterocycles. The first-order valence-corrected chi connectivity index (χ1v) is 12.6. The van der Waals surface area contributed by atoms with Crippen LogP contribution in [0.5, 0.6) is 0 Å². The predicted molar refractivity (Wildman–Crippen MR) is 124 cm³/mol. The number of nitrogens with one attached hydrogen (secondary N) is 1. The summed E-state index contributed by atoms with van der Waals surface area (Å²) in [5.41, 5.74) is 0.960. The highest BCUT2D eigenvalue weighted by atomic mass is 32.2. The van der Waals surface area contributed by atoms with Crippen molar-refractivity contribution in [3.8, 4) is 0 Å². The molecule has 2 aromatic rings. The molecular weight excluding hydrogens is 429 g/mol. The Labute approximate surface area is 189 Å². The minimum atomic E-state index is -3.72. The number of rotatable bonds is 5. The molecule has 2 unspecified atom stereocenters. The summed E-state index contributed by atoms with van der Waals surface area (Å²) in [5, 5.41) is 2.68. The number of halogens is 1. The van der Waals surface area contributed by atoms with Crippen LogP contribution in [0.15, 0.2) is 47.4 Å². The zero-order valence-electron chi connectivity index (χ0n) is 18.6. The summed E-state index contributed by atoms with van der Waals surface area (Å²) in [4.78, 5) is 15.1. The molecule has 0 aromatic heterocycles.